The molecule has 1 unspecified atom stereocenters. The molecule has 0 amide bonds. The Kier molecular flexibility index (Phi) is 4.65. The molecule has 3 heterocycles. The quantitative estimate of drug-likeness (QED) is 0.772. The Hall–Kier alpha value is -0.170. The average Bonchev–Trinajstić information content (AvgIpc) is 2.76. The van der Waals surface area contributed by atoms with Crippen molar-refractivity contribution in [3.63, 3.8) is 0 Å². The fourth-order valence-electron chi connectivity index (χ4n) is 3.77. The summed E-state index contributed by atoms with van der Waals surface area (Å²) in [5.41, 5.74) is 0. The van der Waals surface area contributed by atoms with Crippen molar-refractivity contribution in [2.24, 2.45) is 0 Å². The molecule has 116 valence electrons. The van der Waals surface area contributed by atoms with Gasteiger partial charge >= 0.3 is 0 Å². The van der Waals surface area contributed by atoms with E-state index in [0.717, 1.165) is 32.4 Å². The highest BCUT2D eigenvalue weighted by Gasteiger charge is 2.37. The zero-order valence-electron chi connectivity index (χ0n) is 12.3. The molecule has 0 aliphatic carbocycles. The maximum Gasteiger partial charge on any atom is 0.282 e. The van der Waals surface area contributed by atoms with Gasteiger partial charge in [-0.15, -0.1) is 0 Å². The normalized spacial score (nSPS) is 31.7. The maximum absolute atomic E-state index is 12.8. The van der Waals surface area contributed by atoms with E-state index in [1.54, 1.807) is 8.61 Å². The van der Waals surface area contributed by atoms with Crippen molar-refractivity contribution in [3.8, 4) is 0 Å². The molecule has 0 radical (unpaired) electrons. The van der Waals surface area contributed by atoms with Gasteiger partial charge in [-0.3, -0.25) is 4.90 Å². The van der Waals surface area contributed by atoms with Crippen LogP contribution < -0.4 is 0 Å². The summed E-state index contributed by atoms with van der Waals surface area (Å²) in [7, 11) is -3.22. The molecular weight excluding hydrogens is 274 g/mol. The minimum Gasteiger partial charge on any atom is -0.298 e. The number of rotatable bonds is 2. The summed E-state index contributed by atoms with van der Waals surface area (Å²) in [6.45, 7) is 4.88. The molecule has 3 rings (SSSR count). The Labute approximate surface area is 123 Å². The summed E-state index contributed by atoms with van der Waals surface area (Å²) >= 11 is 0. The van der Waals surface area contributed by atoms with E-state index in [-0.39, 0.29) is 0 Å². The van der Waals surface area contributed by atoms with Gasteiger partial charge in [-0.1, -0.05) is 19.3 Å². The number of piperazine rings is 1. The molecule has 0 spiro atoms. The Morgan fingerprint density at radius 2 is 1.40 bits per heavy atom. The average molecular weight is 301 g/mol. The van der Waals surface area contributed by atoms with Gasteiger partial charge in [0, 0.05) is 38.8 Å². The first kappa shape index (κ1) is 14.8. The molecule has 3 fully saturated rings. The maximum atomic E-state index is 12.8. The molecule has 3 aliphatic heterocycles. The Bertz CT molecular complexity index is 418. The minimum absolute atomic E-state index is 0.458. The summed E-state index contributed by atoms with van der Waals surface area (Å²) < 4.78 is 29.1. The van der Waals surface area contributed by atoms with Crippen molar-refractivity contribution >= 4 is 10.2 Å². The number of hydrogen-bond donors (Lipinski definition) is 0. The number of piperidine rings is 1. The third-order valence-corrected chi connectivity index (χ3v) is 7.02. The first-order chi connectivity index (χ1) is 9.68. The fraction of sp³-hybridized carbons (Fsp3) is 1.00. The first-order valence-corrected chi connectivity index (χ1v) is 9.57. The van der Waals surface area contributed by atoms with Crippen LogP contribution in [0.4, 0.5) is 0 Å². The van der Waals surface area contributed by atoms with Gasteiger partial charge in [0.25, 0.3) is 10.2 Å². The van der Waals surface area contributed by atoms with Crippen LogP contribution in [0.3, 0.4) is 0 Å². The second-order valence-corrected chi connectivity index (χ2v) is 8.29. The second kappa shape index (κ2) is 6.30. The largest absolute Gasteiger partial charge is 0.298 e. The van der Waals surface area contributed by atoms with Gasteiger partial charge in [0.15, 0.2) is 0 Å². The van der Waals surface area contributed by atoms with E-state index in [1.165, 1.54) is 25.7 Å². The van der Waals surface area contributed by atoms with Crippen molar-refractivity contribution in [1.29, 1.82) is 0 Å². The lowest BCUT2D eigenvalue weighted by atomic mass is 10.0. The molecule has 5 nitrogen and oxygen atoms in total. The van der Waals surface area contributed by atoms with Gasteiger partial charge in [-0.2, -0.15) is 17.0 Å². The number of fused-ring (bicyclic) bond motifs is 1. The van der Waals surface area contributed by atoms with Crippen LogP contribution in [0.2, 0.25) is 0 Å². The summed E-state index contributed by atoms with van der Waals surface area (Å²) in [6.07, 6.45) is 8.05. The molecule has 0 saturated carbocycles. The first-order valence-electron chi connectivity index (χ1n) is 8.17. The van der Waals surface area contributed by atoms with Crippen LogP contribution in [0, 0.1) is 0 Å². The zero-order chi connectivity index (χ0) is 14.0. The smallest absolute Gasteiger partial charge is 0.282 e. The second-order valence-electron chi connectivity index (χ2n) is 6.36. The van der Waals surface area contributed by atoms with Crippen LogP contribution in [0.15, 0.2) is 0 Å². The van der Waals surface area contributed by atoms with Gasteiger partial charge < -0.3 is 0 Å². The third-order valence-electron chi connectivity index (χ3n) is 5.02. The predicted molar refractivity (Wildman–Crippen MR) is 79.7 cm³/mol. The summed E-state index contributed by atoms with van der Waals surface area (Å²) in [4.78, 5) is 2.48. The van der Waals surface area contributed by atoms with Crippen molar-refractivity contribution < 1.29 is 8.42 Å². The van der Waals surface area contributed by atoms with Crippen LogP contribution in [0.5, 0.6) is 0 Å². The highest BCUT2D eigenvalue weighted by Crippen LogP contribution is 2.24. The molecule has 3 aliphatic rings. The zero-order valence-corrected chi connectivity index (χ0v) is 13.2. The van der Waals surface area contributed by atoms with Gasteiger partial charge in [0.1, 0.15) is 0 Å². The number of hydrogen-bond acceptors (Lipinski definition) is 3. The Morgan fingerprint density at radius 1 is 0.700 bits per heavy atom. The van der Waals surface area contributed by atoms with Crippen LogP contribution in [0.1, 0.15) is 44.9 Å². The predicted octanol–water partition coefficient (Wildman–Crippen LogP) is 1.28. The molecule has 3 saturated heterocycles. The van der Waals surface area contributed by atoms with E-state index < -0.39 is 10.2 Å². The van der Waals surface area contributed by atoms with E-state index in [1.807, 2.05) is 0 Å². The molecule has 20 heavy (non-hydrogen) atoms. The SMILES string of the molecule is O=S(=O)(N1CCCCCC1)N1CCN2CCCCC2C1. The summed E-state index contributed by atoms with van der Waals surface area (Å²) in [5.74, 6) is 0. The third kappa shape index (κ3) is 3.03. The molecular formula is C14H27N3O2S. The van der Waals surface area contributed by atoms with Gasteiger partial charge in [0.05, 0.1) is 0 Å². The number of nitrogens with zero attached hydrogens (tertiary/aromatic N) is 3. The summed E-state index contributed by atoms with van der Waals surface area (Å²) in [5, 5.41) is 0. The Morgan fingerprint density at radius 3 is 2.15 bits per heavy atom. The fourth-order valence-corrected chi connectivity index (χ4v) is 5.49. The molecule has 6 heteroatoms. The van der Waals surface area contributed by atoms with Crippen LogP contribution in [-0.4, -0.2) is 67.2 Å². The van der Waals surface area contributed by atoms with Crippen molar-refractivity contribution in [3.05, 3.63) is 0 Å². The lowest BCUT2D eigenvalue weighted by Gasteiger charge is -2.44. The minimum atomic E-state index is -3.22. The van der Waals surface area contributed by atoms with Crippen molar-refractivity contribution in [2.45, 2.75) is 51.0 Å². The van der Waals surface area contributed by atoms with E-state index in [2.05, 4.69) is 4.90 Å². The van der Waals surface area contributed by atoms with Crippen LogP contribution in [-0.2, 0) is 10.2 Å². The Balaban J connectivity index is 1.67. The van der Waals surface area contributed by atoms with Gasteiger partial charge in [-0.05, 0) is 32.2 Å². The molecule has 1 atom stereocenters. The highest BCUT2D eigenvalue weighted by atomic mass is 32.2. The van der Waals surface area contributed by atoms with Crippen LogP contribution >= 0.6 is 0 Å². The van der Waals surface area contributed by atoms with E-state index in [0.29, 0.717) is 32.2 Å². The lowest BCUT2D eigenvalue weighted by molar-refractivity contribution is 0.0822. The van der Waals surface area contributed by atoms with E-state index in [9.17, 15) is 8.42 Å². The molecule has 0 bridgehead atoms. The molecule has 0 aromatic rings. The van der Waals surface area contributed by atoms with E-state index in [4.69, 9.17) is 0 Å². The molecule has 0 aromatic carbocycles. The standard InChI is InChI=1S/C14H27N3O2S/c18-20(19,16-9-4-1-2-5-10-16)17-12-11-15-8-6-3-7-14(15)13-17/h14H,1-13H2. The summed E-state index contributed by atoms with van der Waals surface area (Å²) in [6, 6.07) is 0.458. The molecule has 0 N–H and O–H groups in total. The lowest BCUT2D eigenvalue weighted by Crippen LogP contribution is -2.58. The molecule has 0 aromatic heterocycles. The van der Waals surface area contributed by atoms with Gasteiger partial charge in [-0.25, -0.2) is 0 Å². The van der Waals surface area contributed by atoms with Crippen LogP contribution in [0.25, 0.3) is 0 Å². The van der Waals surface area contributed by atoms with Gasteiger partial charge in [0.2, 0.25) is 0 Å². The highest BCUT2D eigenvalue weighted by molar-refractivity contribution is 7.86. The van der Waals surface area contributed by atoms with Crippen molar-refractivity contribution in [2.75, 3.05) is 39.3 Å². The monoisotopic (exact) mass is 301 g/mol. The van der Waals surface area contributed by atoms with E-state index >= 15 is 0 Å². The van der Waals surface area contributed by atoms with Crippen molar-refractivity contribution in [1.82, 2.24) is 13.5 Å². The topological polar surface area (TPSA) is 43.9 Å².